The summed E-state index contributed by atoms with van der Waals surface area (Å²) >= 11 is 8.80. The quantitative estimate of drug-likeness (QED) is 0.422. The number of carbonyl (C=O) groups is 1. The number of thioether (sulfide) groups is 1. The third-order valence-corrected chi connectivity index (χ3v) is 6.64. The Morgan fingerprint density at radius 3 is 2.79 bits per heavy atom. The maximum atomic E-state index is 13.2. The van der Waals surface area contributed by atoms with Crippen molar-refractivity contribution in [3.8, 4) is 11.4 Å². The minimum Gasteiger partial charge on any atom is -0.325 e. The third-order valence-electron chi connectivity index (χ3n) is 4.15. The van der Waals surface area contributed by atoms with Gasteiger partial charge in [0.2, 0.25) is 5.91 Å². The number of anilines is 1. The molecule has 0 aliphatic rings. The van der Waals surface area contributed by atoms with Crippen molar-refractivity contribution in [2.45, 2.75) is 44.8 Å². The number of hydrogen-bond donors (Lipinski definition) is 1. The Bertz CT molecular complexity index is 1000. The molecule has 9 heteroatoms. The molecule has 0 atom stereocenters. The Morgan fingerprint density at radius 1 is 1.34 bits per heavy atom. The first-order chi connectivity index (χ1) is 13.9. The summed E-state index contributed by atoms with van der Waals surface area (Å²) in [5.41, 5.74) is 1.51. The fraction of sp³-hybridized carbons (Fsp3) is 0.350. The molecule has 0 saturated heterocycles. The second-order valence-electron chi connectivity index (χ2n) is 6.82. The van der Waals surface area contributed by atoms with Crippen LogP contribution in [0.15, 0.2) is 34.8 Å². The summed E-state index contributed by atoms with van der Waals surface area (Å²) in [6.45, 7) is 7.20. The van der Waals surface area contributed by atoms with Gasteiger partial charge in [-0.05, 0) is 36.6 Å². The molecule has 29 heavy (non-hydrogen) atoms. The molecule has 2 aromatic heterocycles. The molecular formula is C20H22ClFN4OS2. The summed E-state index contributed by atoms with van der Waals surface area (Å²) in [6, 6.07) is 6.25. The van der Waals surface area contributed by atoms with E-state index < -0.39 is 5.82 Å². The first-order valence-electron chi connectivity index (χ1n) is 9.28. The summed E-state index contributed by atoms with van der Waals surface area (Å²) in [6.07, 6.45) is 0.931. The number of halogens is 2. The number of carbonyl (C=O) groups excluding carboxylic acids is 1. The van der Waals surface area contributed by atoms with Crippen molar-refractivity contribution in [1.29, 1.82) is 0 Å². The van der Waals surface area contributed by atoms with E-state index in [1.807, 2.05) is 0 Å². The summed E-state index contributed by atoms with van der Waals surface area (Å²) in [7, 11) is 0. The van der Waals surface area contributed by atoms with E-state index in [0.29, 0.717) is 16.8 Å². The highest BCUT2D eigenvalue weighted by Crippen LogP contribution is 2.31. The van der Waals surface area contributed by atoms with Crippen LogP contribution in [0.5, 0.6) is 0 Å². The molecule has 0 spiro atoms. The number of amides is 1. The highest BCUT2D eigenvalue weighted by atomic mass is 35.5. The number of aromatic nitrogens is 3. The van der Waals surface area contributed by atoms with Crippen LogP contribution in [-0.4, -0.2) is 26.4 Å². The highest BCUT2D eigenvalue weighted by molar-refractivity contribution is 7.99. The fourth-order valence-electron chi connectivity index (χ4n) is 2.71. The first-order valence-corrected chi connectivity index (χ1v) is 11.5. The molecule has 0 saturated carbocycles. The van der Waals surface area contributed by atoms with Crippen LogP contribution in [0.2, 0.25) is 5.02 Å². The van der Waals surface area contributed by atoms with E-state index in [-0.39, 0.29) is 16.7 Å². The lowest BCUT2D eigenvalue weighted by molar-refractivity contribution is -0.113. The lowest BCUT2D eigenvalue weighted by Crippen LogP contribution is -2.14. The molecule has 3 aromatic rings. The van der Waals surface area contributed by atoms with E-state index in [0.717, 1.165) is 24.4 Å². The van der Waals surface area contributed by atoms with Gasteiger partial charge in [0.05, 0.1) is 10.8 Å². The zero-order valence-electron chi connectivity index (χ0n) is 16.4. The molecule has 3 rings (SSSR count). The smallest absolute Gasteiger partial charge is 0.234 e. The molecule has 0 bridgehead atoms. The van der Waals surface area contributed by atoms with E-state index in [9.17, 15) is 9.18 Å². The molecule has 0 aliphatic carbocycles. The van der Waals surface area contributed by atoms with Gasteiger partial charge in [0.25, 0.3) is 0 Å². The molecule has 0 aliphatic heterocycles. The maximum absolute atomic E-state index is 13.2. The molecule has 1 N–H and O–H groups in total. The topological polar surface area (TPSA) is 59.8 Å². The van der Waals surface area contributed by atoms with E-state index in [2.05, 4.69) is 52.3 Å². The average molecular weight is 453 g/mol. The lowest BCUT2D eigenvalue weighted by atomic mass is 10.1. The van der Waals surface area contributed by atoms with E-state index in [4.69, 9.17) is 11.6 Å². The van der Waals surface area contributed by atoms with Gasteiger partial charge in [0.1, 0.15) is 5.82 Å². The molecule has 1 amide bonds. The Hall–Kier alpha value is -1.90. The van der Waals surface area contributed by atoms with Crippen LogP contribution in [0.1, 0.15) is 38.0 Å². The molecule has 2 heterocycles. The van der Waals surface area contributed by atoms with Gasteiger partial charge in [-0.25, -0.2) is 4.39 Å². The number of nitrogens with zero attached hydrogens (tertiary/aromatic N) is 3. The number of nitrogens with one attached hydrogen (secondary N) is 1. The number of thiophene rings is 1. The third kappa shape index (κ3) is 5.38. The molecule has 0 radical (unpaired) electrons. The van der Waals surface area contributed by atoms with Crippen molar-refractivity contribution in [3.05, 3.63) is 45.4 Å². The number of hydrogen-bond acceptors (Lipinski definition) is 5. The summed E-state index contributed by atoms with van der Waals surface area (Å²) in [4.78, 5) is 13.6. The van der Waals surface area contributed by atoms with Crippen LogP contribution in [0.25, 0.3) is 11.4 Å². The largest absolute Gasteiger partial charge is 0.325 e. The lowest BCUT2D eigenvalue weighted by Gasteiger charge is -2.09. The van der Waals surface area contributed by atoms with Crippen molar-refractivity contribution < 1.29 is 9.18 Å². The summed E-state index contributed by atoms with van der Waals surface area (Å²) in [5.74, 6) is 0.714. The Kier molecular flexibility index (Phi) is 7.32. The average Bonchev–Trinajstić information content (AvgIpc) is 3.31. The van der Waals surface area contributed by atoms with Crippen molar-refractivity contribution in [2.75, 3.05) is 11.1 Å². The first kappa shape index (κ1) is 21.8. The van der Waals surface area contributed by atoms with Crippen LogP contribution < -0.4 is 5.32 Å². The molecule has 5 nitrogen and oxygen atoms in total. The van der Waals surface area contributed by atoms with E-state index in [1.165, 1.54) is 34.8 Å². The second-order valence-corrected chi connectivity index (χ2v) is 9.11. The number of benzene rings is 1. The predicted octanol–water partition coefficient (Wildman–Crippen LogP) is 6.06. The van der Waals surface area contributed by atoms with Crippen molar-refractivity contribution in [2.24, 2.45) is 0 Å². The van der Waals surface area contributed by atoms with Gasteiger partial charge in [0, 0.05) is 28.1 Å². The van der Waals surface area contributed by atoms with Gasteiger partial charge in [-0.15, -0.1) is 21.5 Å². The molecular weight excluding hydrogens is 431 g/mol. The SMILES string of the molecule is CCCn1c(SCC(=O)Nc2ccc(F)c(Cl)c2)nnc1-c1csc(C(C)C)c1. The van der Waals surface area contributed by atoms with E-state index in [1.54, 1.807) is 11.3 Å². The molecule has 0 unspecified atom stereocenters. The molecule has 0 fully saturated rings. The van der Waals surface area contributed by atoms with Gasteiger partial charge in [-0.3, -0.25) is 4.79 Å². The van der Waals surface area contributed by atoms with Gasteiger partial charge < -0.3 is 9.88 Å². The predicted molar refractivity (Wildman–Crippen MR) is 118 cm³/mol. The Labute approximate surface area is 182 Å². The summed E-state index contributed by atoms with van der Waals surface area (Å²) < 4.78 is 15.3. The number of rotatable bonds is 8. The van der Waals surface area contributed by atoms with Crippen LogP contribution in [0.3, 0.4) is 0 Å². The van der Waals surface area contributed by atoms with Gasteiger partial charge in [-0.2, -0.15) is 0 Å². The Balaban J connectivity index is 1.70. The van der Waals surface area contributed by atoms with Crippen LogP contribution in [-0.2, 0) is 11.3 Å². The van der Waals surface area contributed by atoms with Gasteiger partial charge in [0.15, 0.2) is 11.0 Å². The van der Waals surface area contributed by atoms with Crippen molar-refractivity contribution >= 4 is 46.3 Å². The second kappa shape index (κ2) is 9.73. The van der Waals surface area contributed by atoms with Gasteiger partial charge >= 0.3 is 0 Å². The minimum absolute atomic E-state index is 0.0284. The van der Waals surface area contributed by atoms with Crippen molar-refractivity contribution in [3.63, 3.8) is 0 Å². The standard InChI is InChI=1S/C20H22ClFN4OS2/c1-4-7-26-19(13-8-17(12(2)3)28-10-13)24-25-20(26)29-11-18(27)23-14-5-6-16(22)15(21)9-14/h5-6,8-10,12H,4,7,11H2,1-3H3,(H,23,27). The zero-order valence-corrected chi connectivity index (χ0v) is 18.8. The zero-order chi connectivity index (χ0) is 21.0. The van der Waals surface area contributed by atoms with Gasteiger partial charge in [-0.1, -0.05) is 44.1 Å². The molecule has 1 aromatic carbocycles. The van der Waals surface area contributed by atoms with Crippen LogP contribution >= 0.6 is 34.7 Å². The minimum atomic E-state index is -0.520. The Morgan fingerprint density at radius 2 is 2.14 bits per heavy atom. The normalized spacial score (nSPS) is 11.2. The fourth-order valence-corrected chi connectivity index (χ4v) is 4.56. The van der Waals surface area contributed by atoms with Crippen LogP contribution in [0, 0.1) is 5.82 Å². The molecule has 154 valence electrons. The maximum Gasteiger partial charge on any atom is 0.234 e. The van der Waals surface area contributed by atoms with Crippen LogP contribution in [0.4, 0.5) is 10.1 Å². The monoisotopic (exact) mass is 452 g/mol. The summed E-state index contributed by atoms with van der Waals surface area (Å²) in [5, 5.41) is 14.2. The van der Waals surface area contributed by atoms with E-state index >= 15 is 0 Å². The highest BCUT2D eigenvalue weighted by Gasteiger charge is 2.17. The van der Waals surface area contributed by atoms with Crippen molar-refractivity contribution in [1.82, 2.24) is 14.8 Å².